The van der Waals surface area contributed by atoms with Gasteiger partial charge in [0.15, 0.2) is 0 Å². The first-order valence-corrected chi connectivity index (χ1v) is 5.90. The van der Waals surface area contributed by atoms with E-state index in [4.69, 9.17) is 0 Å². The van der Waals surface area contributed by atoms with Crippen molar-refractivity contribution in [2.24, 2.45) is 11.8 Å². The van der Waals surface area contributed by atoms with Crippen LogP contribution in [0.3, 0.4) is 0 Å². The van der Waals surface area contributed by atoms with Crippen LogP contribution in [0.25, 0.3) is 0 Å². The third-order valence-electron chi connectivity index (χ3n) is 3.54. The minimum Gasteiger partial charge on any atom is -0.393 e. The molecule has 0 unspecified atom stereocenters. The van der Waals surface area contributed by atoms with Gasteiger partial charge in [0.05, 0.1) is 6.10 Å². The molecule has 1 atom stereocenters. The van der Waals surface area contributed by atoms with Crippen LogP contribution in [-0.4, -0.2) is 11.2 Å². The van der Waals surface area contributed by atoms with Gasteiger partial charge in [0.25, 0.3) is 0 Å². The van der Waals surface area contributed by atoms with Gasteiger partial charge in [-0.15, -0.1) is 0 Å². The van der Waals surface area contributed by atoms with E-state index in [0.29, 0.717) is 0 Å². The van der Waals surface area contributed by atoms with Crippen LogP contribution in [0.15, 0.2) is 0 Å². The molecule has 1 N–H and O–H groups in total. The van der Waals surface area contributed by atoms with Crippen LogP contribution < -0.4 is 0 Å². The first kappa shape index (κ1) is 11.0. The van der Waals surface area contributed by atoms with Crippen LogP contribution in [-0.2, 0) is 0 Å². The van der Waals surface area contributed by atoms with Crippen molar-refractivity contribution in [1.29, 1.82) is 0 Å². The van der Waals surface area contributed by atoms with E-state index in [-0.39, 0.29) is 6.10 Å². The minimum atomic E-state index is -0.0936. The fourth-order valence-electron chi connectivity index (χ4n) is 2.41. The molecule has 1 fully saturated rings. The van der Waals surface area contributed by atoms with Crippen molar-refractivity contribution < 1.29 is 5.11 Å². The third-order valence-corrected chi connectivity index (χ3v) is 3.54. The highest BCUT2D eigenvalue weighted by Gasteiger charge is 2.19. The van der Waals surface area contributed by atoms with Gasteiger partial charge < -0.3 is 5.11 Å². The van der Waals surface area contributed by atoms with Gasteiger partial charge in [0, 0.05) is 0 Å². The second kappa shape index (κ2) is 5.64. The number of rotatable bonds is 4. The van der Waals surface area contributed by atoms with Crippen LogP contribution in [0.5, 0.6) is 0 Å². The predicted molar refractivity (Wildman–Crippen MR) is 56.7 cm³/mol. The molecule has 1 rings (SSSR count). The Morgan fingerprint density at radius 2 is 1.69 bits per heavy atom. The standard InChI is InChI=1S/C12H24O/c1-3-11-6-8-12(9-7-11)5-4-10(2)13/h10-13H,3-9H2,1-2H3/t10-,11?,12?/m0/s1. The van der Waals surface area contributed by atoms with Crippen molar-refractivity contribution in [2.45, 2.75) is 64.9 Å². The van der Waals surface area contributed by atoms with Crippen LogP contribution >= 0.6 is 0 Å². The molecule has 1 nitrogen and oxygen atoms in total. The molecule has 1 aliphatic rings. The molecule has 0 amide bonds. The quantitative estimate of drug-likeness (QED) is 0.710. The number of aliphatic hydroxyl groups excluding tert-OH is 1. The third kappa shape index (κ3) is 4.12. The van der Waals surface area contributed by atoms with Gasteiger partial charge in [0.1, 0.15) is 0 Å². The second-order valence-corrected chi connectivity index (χ2v) is 4.72. The average Bonchev–Trinajstić information content (AvgIpc) is 2.15. The lowest BCUT2D eigenvalue weighted by atomic mass is 9.79. The molecule has 1 saturated carbocycles. The van der Waals surface area contributed by atoms with Crippen molar-refractivity contribution in [2.75, 3.05) is 0 Å². The lowest BCUT2D eigenvalue weighted by Crippen LogP contribution is -2.15. The topological polar surface area (TPSA) is 20.2 Å². The van der Waals surface area contributed by atoms with E-state index in [9.17, 15) is 5.11 Å². The summed E-state index contributed by atoms with van der Waals surface area (Å²) in [7, 11) is 0. The van der Waals surface area contributed by atoms with Gasteiger partial charge in [-0.3, -0.25) is 0 Å². The maximum Gasteiger partial charge on any atom is 0.0512 e. The summed E-state index contributed by atoms with van der Waals surface area (Å²) in [5, 5.41) is 9.18. The Morgan fingerprint density at radius 3 is 2.15 bits per heavy atom. The molecule has 0 aliphatic heterocycles. The van der Waals surface area contributed by atoms with E-state index in [2.05, 4.69) is 6.92 Å². The molecule has 0 radical (unpaired) electrons. The Labute approximate surface area is 82.5 Å². The van der Waals surface area contributed by atoms with E-state index in [0.717, 1.165) is 18.3 Å². The summed E-state index contributed by atoms with van der Waals surface area (Å²) in [4.78, 5) is 0. The molecule has 1 heteroatoms. The average molecular weight is 184 g/mol. The number of hydrogen-bond acceptors (Lipinski definition) is 1. The molecule has 0 aromatic rings. The van der Waals surface area contributed by atoms with Gasteiger partial charge >= 0.3 is 0 Å². The smallest absolute Gasteiger partial charge is 0.0512 e. The summed E-state index contributed by atoms with van der Waals surface area (Å²) in [6, 6.07) is 0. The Kier molecular flexibility index (Phi) is 4.79. The lowest BCUT2D eigenvalue weighted by Gasteiger charge is -2.27. The van der Waals surface area contributed by atoms with Crippen molar-refractivity contribution in [3.05, 3.63) is 0 Å². The molecular weight excluding hydrogens is 160 g/mol. The molecule has 13 heavy (non-hydrogen) atoms. The summed E-state index contributed by atoms with van der Waals surface area (Å²) in [6.45, 7) is 4.21. The molecule has 1 aliphatic carbocycles. The molecule has 0 spiro atoms. The zero-order chi connectivity index (χ0) is 9.68. The Bertz CT molecular complexity index is 123. The van der Waals surface area contributed by atoms with Crippen LogP contribution in [0.2, 0.25) is 0 Å². The molecule has 0 bridgehead atoms. The normalized spacial score (nSPS) is 31.6. The van der Waals surface area contributed by atoms with E-state index in [1.807, 2.05) is 6.92 Å². The van der Waals surface area contributed by atoms with E-state index < -0.39 is 0 Å². The largest absolute Gasteiger partial charge is 0.393 e. The van der Waals surface area contributed by atoms with Gasteiger partial charge in [0.2, 0.25) is 0 Å². The van der Waals surface area contributed by atoms with E-state index in [1.165, 1.54) is 38.5 Å². The SMILES string of the molecule is CCC1CCC(CC[C@H](C)O)CC1. The van der Waals surface area contributed by atoms with Gasteiger partial charge in [-0.25, -0.2) is 0 Å². The molecule has 0 aromatic heterocycles. The number of hydrogen-bond donors (Lipinski definition) is 1. The summed E-state index contributed by atoms with van der Waals surface area (Å²) in [6.07, 6.45) is 9.20. The fourth-order valence-corrected chi connectivity index (χ4v) is 2.41. The Hall–Kier alpha value is -0.0400. The summed E-state index contributed by atoms with van der Waals surface area (Å²) in [5.74, 6) is 1.92. The summed E-state index contributed by atoms with van der Waals surface area (Å²) in [5.41, 5.74) is 0. The highest BCUT2D eigenvalue weighted by atomic mass is 16.3. The maximum atomic E-state index is 9.18. The van der Waals surface area contributed by atoms with E-state index in [1.54, 1.807) is 0 Å². The lowest BCUT2D eigenvalue weighted by molar-refractivity contribution is 0.161. The highest BCUT2D eigenvalue weighted by Crippen LogP contribution is 2.33. The second-order valence-electron chi connectivity index (χ2n) is 4.72. The Morgan fingerprint density at radius 1 is 1.15 bits per heavy atom. The highest BCUT2D eigenvalue weighted by molar-refractivity contribution is 4.72. The fraction of sp³-hybridized carbons (Fsp3) is 1.00. The van der Waals surface area contributed by atoms with E-state index >= 15 is 0 Å². The zero-order valence-electron chi connectivity index (χ0n) is 9.13. The first-order chi connectivity index (χ1) is 6.22. The molecular formula is C12H24O. The summed E-state index contributed by atoms with van der Waals surface area (Å²) < 4.78 is 0. The minimum absolute atomic E-state index is 0.0936. The van der Waals surface area contributed by atoms with Crippen molar-refractivity contribution in [3.8, 4) is 0 Å². The van der Waals surface area contributed by atoms with Crippen LogP contribution in [0.4, 0.5) is 0 Å². The Balaban J connectivity index is 2.10. The predicted octanol–water partition coefficient (Wildman–Crippen LogP) is 3.36. The number of aliphatic hydroxyl groups is 1. The molecule has 0 heterocycles. The van der Waals surface area contributed by atoms with Crippen molar-refractivity contribution in [3.63, 3.8) is 0 Å². The van der Waals surface area contributed by atoms with Crippen LogP contribution in [0, 0.1) is 11.8 Å². The monoisotopic (exact) mass is 184 g/mol. The maximum absolute atomic E-state index is 9.18. The molecule has 0 saturated heterocycles. The van der Waals surface area contributed by atoms with Crippen molar-refractivity contribution >= 4 is 0 Å². The van der Waals surface area contributed by atoms with Gasteiger partial charge in [-0.2, -0.15) is 0 Å². The van der Waals surface area contributed by atoms with Gasteiger partial charge in [-0.1, -0.05) is 39.0 Å². The van der Waals surface area contributed by atoms with Crippen molar-refractivity contribution in [1.82, 2.24) is 0 Å². The van der Waals surface area contributed by atoms with Crippen LogP contribution in [0.1, 0.15) is 58.8 Å². The molecule has 78 valence electrons. The van der Waals surface area contributed by atoms with Gasteiger partial charge in [-0.05, 0) is 31.6 Å². The first-order valence-electron chi connectivity index (χ1n) is 5.90. The summed E-state index contributed by atoms with van der Waals surface area (Å²) >= 11 is 0. The molecule has 0 aromatic carbocycles. The zero-order valence-corrected chi connectivity index (χ0v) is 9.13.